The van der Waals surface area contributed by atoms with Crippen molar-refractivity contribution in [2.24, 2.45) is 5.73 Å². The molecule has 0 bridgehead atoms. The number of rotatable bonds is 30. The van der Waals surface area contributed by atoms with Crippen molar-refractivity contribution in [1.82, 2.24) is 23.5 Å². The largest absolute Gasteiger partial charge is 0.488 e. The van der Waals surface area contributed by atoms with Gasteiger partial charge in [-0.05, 0) is 52.4 Å². The van der Waals surface area contributed by atoms with E-state index in [1.807, 2.05) is 9.80 Å². The van der Waals surface area contributed by atoms with E-state index in [2.05, 4.69) is 0 Å². The van der Waals surface area contributed by atoms with Crippen LogP contribution >= 0.6 is 0 Å². The van der Waals surface area contributed by atoms with E-state index in [-0.39, 0.29) is 48.9 Å². The van der Waals surface area contributed by atoms with Crippen molar-refractivity contribution in [1.29, 1.82) is 0 Å². The van der Waals surface area contributed by atoms with Gasteiger partial charge in [-0.2, -0.15) is 0 Å². The lowest BCUT2D eigenvalue weighted by molar-refractivity contribution is -0.132. The molecule has 2 aliphatic heterocycles. The van der Waals surface area contributed by atoms with Crippen LogP contribution in [0.15, 0.2) is 33.6 Å². The van der Waals surface area contributed by atoms with Gasteiger partial charge in [0.15, 0.2) is 11.5 Å². The Hall–Kier alpha value is -5.82. The molecule has 0 aliphatic carbocycles. The van der Waals surface area contributed by atoms with Crippen LogP contribution in [0.4, 0.5) is 11.4 Å². The van der Waals surface area contributed by atoms with Crippen LogP contribution in [0.25, 0.3) is 0 Å². The zero-order valence-corrected chi connectivity index (χ0v) is 39.5. The van der Waals surface area contributed by atoms with E-state index in [1.165, 1.54) is 13.7 Å². The summed E-state index contributed by atoms with van der Waals surface area (Å²) in [6.45, 7) is 8.17. The van der Waals surface area contributed by atoms with Gasteiger partial charge in [0.05, 0.1) is 13.2 Å². The number of nitrogens with two attached hydrogens (primary N) is 1. The first-order valence-corrected chi connectivity index (χ1v) is 24.5. The number of ether oxygens (including phenoxy) is 2. The number of hydrogen-bond acceptors (Lipinski definition) is 14. The monoisotopic (exact) mass is 939 g/mol. The molecule has 3 amide bonds. The van der Waals surface area contributed by atoms with Gasteiger partial charge in [-0.15, -0.1) is 0 Å². The minimum Gasteiger partial charge on any atom is -0.488 e. The molecule has 2 N–H and O–H groups in total. The van der Waals surface area contributed by atoms with Crippen molar-refractivity contribution < 1.29 is 23.9 Å². The fourth-order valence-electron chi connectivity index (χ4n) is 9.03. The smallest absolute Gasteiger partial charge is 0.336 e. The number of aromatic nitrogens is 3. The third kappa shape index (κ3) is 13.6. The summed E-state index contributed by atoms with van der Waals surface area (Å²) in [4.78, 5) is 133. The third-order valence-corrected chi connectivity index (χ3v) is 12.9. The number of unbranched alkanes of at least 4 members (excludes halogenated alkanes) is 12. The van der Waals surface area contributed by atoms with Gasteiger partial charge in [0.1, 0.15) is 11.4 Å². The highest BCUT2D eigenvalue weighted by Crippen LogP contribution is 2.25. The van der Waals surface area contributed by atoms with Gasteiger partial charge in [0.2, 0.25) is 17.7 Å². The number of carbonyl (C=O) groups excluding carboxylic acids is 3. The summed E-state index contributed by atoms with van der Waals surface area (Å²) in [7, 11) is 0. The van der Waals surface area contributed by atoms with E-state index in [9.17, 15) is 47.9 Å². The van der Waals surface area contributed by atoms with E-state index in [0.29, 0.717) is 135 Å². The summed E-state index contributed by atoms with van der Waals surface area (Å²) in [5, 5.41) is 0. The molecule has 3 heterocycles. The second-order valence-electron chi connectivity index (χ2n) is 17.6. The van der Waals surface area contributed by atoms with Crippen molar-refractivity contribution in [3.8, 4) is 11.5 Å². The molecule has 2 aliphatic rings. The maximum Gasteiger partial charge on any atom is 0.336 e. The van der Waals surface area contributed by atoms with Crippen LogP contribution in [0.5, 0.6) is 11.5 Å². The van der Waals surface area contributed by atoms with Crippen LogP contribution in [-0.4, -0.2) is 107 Å². The van der Waals surface area contributed by atoms with E-state index in [4.69, 9.17) is 15.2 Å². The number of primary amides is 1. The second kappa shape index (κ2) is 25.9. The highest BCUT2D eigenvalue weighted by atomic mass is 16.5. The molecule has 2 fully saturated rings. The van der Waals surface area contributed by atoms with Gasteiger partial charge in [0, 0.05) is 91.3 Å². The highest BCUT2D eigenvalue weighted by molar-refractivity contribution is 5.77. The van der Waals surface area contributed by atoms with Gasteiger partial charge < -0.3 is 34.8 Å². The fourth-order valence-corrected chi connectivity index (χ4v) is 9.03. The van der Waals surface area contributed by atoms with Crippen molar-refractivity contribution >= 4 is 29.1 Å². The summed E-state index contributed by atoms with van der Waals surface area (Å²) in [6, 6.07) is 0. The summed E-state index contributed by atoms with van der Waals surface area (Å²) >= 11 is 0. The minimum atomic E-state index is -0.619. The number of piperazine rings is 2. The summed E-state index contributed by atoms with van der Waals surface area (Å²) < 4.78 is 14.2. The van der Waals surface area contributed by atoms with E-state index < -0.39 is 38.8 Å². The molecule has 5 rings (SSSR count). The summed E-state index contributed by atoms with van der Waals surface area (Å²) in [5.74, 6) is -0.0467. The Morgan fingerprint density at radius 3 is 1.03 bits per heavy atom. The summed E-state index contributed by atoms with van der Waals surface area (Å²) in [5.41, 5.74) is 1.72. The lowest BCUT2D eigenvalue weighted by Gasteiger charge is -2.36. The number of amides is 3. The van der Waals surface area contributed by atoms with Crippen molar-refractivity contribution in [3.63, 3.8) is 0 Å². The second-order valence-corrected chi connectivity index (χ2v) is 17.6. The molecule has 0 unspecified atom stereocenters. The van der Waals surface area contributed by atoms with Crippen LogP contribution in [0.2, 0.25) is 0 Å². The van der Waals surface area contributed by atoms with E-state index in [1.54, 1.807) is 23.6 Å². The molecule has 0 radical (unpaired) electrons. The zero-order chi connectivity index (χ0) is 48.5. The number of carbonyl (C=O) groups is 3. The predicted octanol–water partition coefficient (Wildman–Crippen LogP) is 1.37. The molecule has 0 spiro atoms. The Balaban J connectivity index is 1.04. The van der Waals surface area contributed by atoms with Crippen molar-refractivity contribution in [2.75, 3.05) is 75.4 Å². The molecule has 2 saturated heterocycles. The van der Waals surface area contributed by atoms with Crippen LogP contribution in [-0.2, 0) is 34.0 Å². The molecule has 3 aromatic rings. The van der Waals surface area contributed by atoms with Crippen molar-refractivity contribution in [3.05, 3.63) is 72.3 Å². The number of nitrogens with zero attached hydrogens (tertiary/aromatic N) is 7. The lowest BCUT2D eigenvalue weighted by Crippen LogP contribution is -2.54. The first-order chi connectivity index (χ1) is 32.3. The first-order valence-electron chi connectivity index (χ1n) is 24.5. The molecule has 20 nitrogen and oxygen atoms in total. The molecular formula is C47H70N8O12. The zero-order valence-electron chi connectivity index (χ0n) is 39.5. The molecule has 0 saturated carbocycles. The standard InChI is InChI=1S/C47H70N8O12/c1-3-66-43-37(39(59)41(43)61)51-30-26-49(27-31-51)35(57)21-15-9-6-12-18-24-54-45(63)53(23-17-11-5-8-14-20-34(48)56)46(64)55(47(54)65)25-19-13-7-10-16-22-36(58)50-28-32-52(33-29-50)38-40(60)42(62)44(38)67-4-2/h3-33H2,1-2H3,(H2,48,56). The van der Waals surface area contributed by atoms with Crippen LogP contribution < -0.4 is 63.8 Å². The molecule has 20 heteroatoms. The van der Waals surface area contributed by atoms with Crippen LogP contribution in [0, 0.1) is 0 Å². The Morgan fingerprint density at radius 2 is 0.716 bits per heavy atom. The summed E-state index contributed by atoms with van der Waals surface area (Å²) in [6.07, 6.45) is 11.8. The Bertz CT molecular complexity index is 2310. The number of anilines is 2. The Labute approximate surface area is 389 Å². The van der Waals surface area contributed by atoms with Crippen molar-refractivity contribution in [2.45, 2.75) is 149 Å². The van der Waals surface area contributed by atoms with E-state index >= 15 is 0 Å². The van der Waals surface area contributed by atoms with Crippen LogP contribution in [0.3, 0.4) is 0 Å². The van der Waals surface area contributed by atoms with Gasteiger partial charge in [-0.3, -0.25) is 33.6 Å². The number of hydrogen-bond donors (Lipinski definition) is 1. The topological polar surface area (TPSA) is 243 Å². The molecule has 1 aromatic heterocycles. The molecular weight excluding hydrogens is 869 g/mol. The Kier molecular flexibility index (Phi) is 20.2. The van der Waals surface area contributed by atoms with Gasteiger partial charge >= 0.3 is 17.1 Å². The Morgan fingerprint density at radius 1 is 0.418 bits per heavy atom. The molecule has 0 atom stereocenters. The van der Waals surface area contributed by atoms with Gasteiger partial charge in [-0.1, -0.05) is 57.8 Å². The average Bonchev–Trinajstić information content (AvgIpc) is 3.32. The average molecular weight is 939 g/mol. The maximum absolute atomic E-state index is 13.7. The fraction of sp³-hybridized carbons (Fsp3) is 0.702. The lowest BCUT2D eigenvalue weighted by atomic mass is 10.1. The van der Waals surface area contributed by atoms with E-state index in [0.717, 1.165) is 57.8 Å². The minimum absolute atomic E-state index is 0.0343. The highest BCUT2D eigenvalue weighted by Gasteiger charge is 2.32. The SMILES string of the molecule is CCOc1c(N2CCN(C(=O)CCCCCCCn3c(=O)n(CCCCCCCC(N)=O)c(=O)n(CCCCCCCC(=O)N4CCN(c5c(OCC)c(=O)c5=O)CC4)c3=O)CC2)c(=O)c1=O. The molecule has 370 valence electrons. The quantitative estimate of drug-likeness (QED) is 0.0734. The molecule has 2 aromatic carbocycles. The predicted molar refractivity (Wildman–Crippen MR) is 254 cm³/mol. The third-order valence-electron chi connectivity index (χ3n) is 12.9. The normalized spacial score (nSPS) is 14.4. The van der Waals surface area contributed by atoms with Crippen LogP contribution in [0.1, 0.15) is 129 Å². The van der Waals surface area contributed by atoms with Gasteiger partial charge in [-0.25, -0.2) is 28.1 Å². The maximum atomic E-state index is 13.7. The molecule has 67 heavy (non-hydrogen) atoms. The first kappa shape index (κ1) is 52.2. The van der Waals surface area contributed by atoms with Gasteiger partial charge in [0.25, 0.3) is 21.7 Å².